The van der Waals surface area contributed by atoms with Crippen LogP contribution in [0.3, 0.4) is 0 Å². The van der Waals surface area contributed by atoms with Crippen molar-refractivity contribution in [1.82, 2.24) is 18.7 Å². The molecule has 10 heteroatoms. The Hall–Kier alpha value is -3.01. The molecule has 2 aromatic heterocycles. The lowest BCUT2D eigenvalue weighted by Gasteiger charge is -2.11. The molecule has 3 rings (SSSR count). The van der Waals surface area contributed by atoms with Crippen LogP contribution in [0, 0.1) is 11.6 Å². The van der Waals surface area contributed by atoms with E-state index in [0.29, 0.717) is 0 Å². The highest BCUT2D eigenvalue weighted by molar-refractivity contribution is 5.74. The Balaban J connectivity index is 2.27. The van der Waals surface area contributed by atoms with E-state index in [2.05, 4.69) is 10.3 Å². The van der Waals surface area contributed by atoms with Gasteiger partial charge in [0.25, 0.3) is 5.56 Å². The van der Waals surface area contributed by atoms with Crippen molar-refractivity contribution in [3.8, 4) is 0 Å². The van der Waals surface area contributed by atoms with E-state index >= 15 is 0 Å². The molecular formula is C16H17F2N5O3. The lowest BCUT2D eigenvalue weighted by Crippen LogP contribution is -2.37. The van der Waals surface area contributed by atoms with Gasteiger partial charge in [0.05, 0.1) is 13.2 Å². The third-order valence-electron chi connectivity index (χ3n) is 4.01. The van der Waals surface area contributed by atoms with Crippen LogP contribution in [0.4, 0.5) is 14.7 Å². The van der Waals surface area contributed by atoms with E-state index < -0.39 is 22.9 Å². The predicted octanol–water partition coefficient (Wildman–Crippen LogP) is 0.164. The number of halogens is 2. The van der Waals surface area contributed by atoms with E-state index in [1.165, 1.54) is 23.2 Å². The van der Waals surface area contributed by atoms with Gasteiger partial charge in [-0.15, -0.1) is 0 Å². The number of hydrogen-bond donors (Lipinski definition) is 2. The van der Waals surface area contributed by atoms with Gasteiger partial charge in [0.15, 0.2) is 11.2 Å². The number of aromatic nitrogens is 4. The van der Waals surface area contributed by atoms with Crippen molar-refractivity contribution in [3.63, 3.8) is 0 Å². The van der Waals surface area contributed by atoms with Crippen LogP contribution < -0.4 is 16.6 Å². The second-order valence-corrected chi connectivity index (χ2v) is 5.83. The van der Waals surface area contributed by atoms with Crippen LogP contribution in [0.5, 0.6) is 0 Å². The monoisotopic (exact) mass is 365 g/mol. The summed E-state index contributed by atoms with van der Waals surface area (Å²) in [4.78, 5) is 29.0. The van der Waals surface area contributed by atoms with Crippen molar-refractivity contribution in [2.24, 2.45) is 14.1 Å². The zero-order valence-corrected chi connectivity index (χ0v) is 14.2. The second-order valence-electron chi connectivity index (χ2n) is 5.83. The van der Waals surface area contributed by atoms with Crippen LogP contribution >= 0.6 is 0 Å². The fraction of sp³-hybridized carbons (Fsp3) is 0.312. The fourth-order valence-electron chi connectivity index (χ4n) is 2.79. The molecule has 8 nitrogen and oxygen atoms in total. The van der Waals surface area contributed by atoms with Crippen LogP contribution in [0.2, 0.25) is 0 Å². The second kappa shape index (κ2) is 6.71. The molecule has 0 aliphatic rings. The maximum atomic E-state index is 13.5. The van der Waals surface area contributed by atoms with E-state index in [9.17, 15) is 18.4 Å². The first-order chi connectivity index (χ1) is 12.3. The van der Waals surface area contributed by atoms with Crippen molar-refractivity contribution in [1.29, 1.82) is 0 Å². The van der Waals surface area contributed by atoms with Gasteiger partial charge < -0.3 is 10.4 Å². The van der Waals surface area contributed by atoms with Gasteiger partial charge in [0.2, 0.25) is 5.95 Å². The number of rotatable bonds is 5. The van der Waals surface area contributed by atoms with Crippen molar-refractivity contribution in [3.05, 3.63) is 56.2 Å². The Morgan fingerprint density at radius 1 is 1.12 bits per heavy atom. The molecule has 2 N–H and O–H groups in total. The number of anilines is 1. The Morgan fingerprint density at radius 2 is 1.77 bits per heavy atom. The molecule has 0 aliphatic carbocycles. The standard InChI is InChI=1S/C16H17F2N5O3/c1-21-13-12(14(25)22(2)16(21)26)23(15(20-13)19-3-4-24)8-9-5-10(17)7-11(18)6-9/h5-7,24H,3-4,8H2,1-2H3,(H,19,20). The SMILES string of the molecule is Cn1c(=O)c2c(nc(NCCO)n2Cc2cc(F)cc(F)c2)n(C)c1=O. The first-order valence-electron chi connectivity index (χ1n) is 7.79. The Kier molecular flexibility index (Phi) is 4.60. The molecule has 138 valence electrons. The third-order valence-corrected chi connectivity index (χ3v) is 4.01. The summed E-state index contributed by atoms with van der Waals surface area (Å²) >= 11 is 0. The van der Waals surface area contributed by atoms with Crippen LogP contribution in [-0.2, 0) is 20.6 Å². The van der Waals surface area contributed by atoms with Gasteiger partial charge in [-0.25, -0.2) is 13.6 Å². The van der Waals surface area contributed by atoms with Crippen molar-refractivity contribution < 1.29 is 13.9 Å². The normalized spacial score (nSPS) is 11.3. The lowest BCUT2D eigenvalue weighted by molar-refractivity contribution is 0.310. The number of hydrogen-bond acceptors (Lipinski definition) is 5. The fourth-order valence-corrected chi connectivity index (χ4v) is 2.79. The van der Waals surface area contributed by atoms with Gasteiger partial charge in [-0.3, -0.25) is 18.5 Å². The van der Waals surface area contributed by atoms with Crippen LogP contribution in [0.1, 0.15) is 5.56 Å². The Labute approximate surface area is 145 Å². The molecule has 1 aromatic carbocycles. The van der Waals surface area contributed by atoms with Gasteiger partial charge >= 0.3 is 5.69 Å². The molecule has 3 aromatic rings. The van der Waals surface area contributed by atoms with Gasteiger partial charge in [-0.05, 0) is 17.7 Å². The summed E-state index contributed by atoms with van der Waals surface area (Å²) in [6.45, 7) is -0.0871. The highest BCUT2D eigenvalue weighted by atomic mass is 19.1. The van der Waals surface area contributed by atoms with Gasteiger partial charge in [0, 0.05) is 26.7 Å². The van der Waals surface area contributed by atoms with Crippen molar-refractivity contribution in [2.75, 3.05) is 18.5 Å². The number of fused-ring (bicyclic) bond motifs is 1. The molecule has 0 aliphatic heterocycles. The minimum atomic E-state index is -0.741. The first kappa shape index (κ1) is 17.8. The summed E-state index contributed by atoms with van der Waals surface area (Å²) in [5.41, 5.74) is -0.595. The predicted molar refractivity (Wildman–Crippen MR) is 91.3 cm³/mol. The molecule has 0 saturated carbocycles. The number of benzene rings is 1. The Bertz CT molecular complexity index is 1080. The lowest BCUT2D eigenvalue weighted by atomic mass is 10.2. The number of nitrogens with one attached hydrogen (secondary N) is 1. The van der Waals surface area contributed by atoms with E-state index in [0.717, 1.165) is 22.8 Å². The van der Waals surface area contributed by atoms with Crippen LogP contribution in [-0.4, -0.2) is 36.9 Å². The number of imidazole rings is 1. The summed E-state index contributed by atoms with van der Waals surface area (Å²) in [6.07, 6.45) is 0. The summed E-state index contributed by atoms with van der Waals surface area (Å²) in [6, 6.07) is 3.05. The van der Waals surface area contributed by atoms with Crippen molar-refractivity contribution >= 4 is 17.1 Å². The molecule has 0 fully saturated rings. The molecule has 0 radical (unpaired) electrons. The summed E-state index contributed by atoms with van der Waals surface area (Å²) < 4.78 is 30.6. The van der Waals surface area contributed by atoms with E-state index in [4.69, 9.17) is 5.11 Å². The number of aryl methyl sites for hydroxylation is 1. The molecule has 0 saturated heterocycles. The molecule has 26 heavy (non-hydrogen) atoms. The van der Waals surface area contributed by atoms with Crippen molar-refractivity contribution in [2.45, 2.75) is 6.54 Å². The maximum absolute atomic E-state index is 13.5. The topological polar surface area (TPSA) is 94.1 Å². The number of nitrogens with zero attached hydrogens (tertiary/aromatic N) is 4. The molecule has 0 bridgehead atoms. The number of aliphatic hydroxyl groups excluding tert-OH is 1. The molecular weight excluding hydrogens is 348 g/mol. The average Bonchev–Trinajstić information content (AvgIpc) is 2.94. The van der Waals surface area contributed by atoms with E-state index in [1.807, 2.05) is 0 Å². The first-order valence-corrected chi connectivity index (χ1v) is 7.79. The summed E-state index contributed by atoms with van der Waals surface area (Å²) in [7, 11) is 2.81. The van der Waals surface area contributed by atoms with Gasteiger partial charge in [-0.1, -0.05) is 0 Å². The van der Waals surface area contributed by atoms with Gasteiger partial charge in [0.1, 0.15) is 11.6 Å². The third kappa shape index (κ3) is 2.99. The molecule has 0 amide bonds. The van der Waals surface area contributed by atoms with Gasteiger partial charge in [-0.2, -0.15) is 4.98 Å². The van der Waals surface area contributed by atoms with Crippen LogP contribution in [0.25, 0.3) is 11.2 Å². The highest BCUT2D eigenvalue weighted by Gasteiger charge is 2.19. The smallest absolute Gasteiger partial charge is 0.332 e. The molecule has 2 heterocycles. The Morgan fingerprint density at radius 3 is 2.38 bits per heavy atom. The van der Waals surface area contributed by atoms with E-state index in [1.54, 1.807) is 0 Å². The van der Waals surface area contributed by atoms with Crippen LogP contribution in [0.15, 0.2) is 27.8 Å². The quantitative estimate of drug-likeness (QED) is 0.672. The zero-order valence-electron chi connectivity index (χ0n) is 14.2. The van der Waals surface area contributed by atoms with E-state index in [-0.39, 0.29) is 42.4 Å². The molecule has 0 atom stereocenters. The molecule has 0 spiro atoms. The largest absolute Gasteiger partial charge is 0.395 e. The molecule has 0 unspecified atom stereocenters. The summed E-state index contributed by atoms with van der Waals surface area (Å²) in [5, 5.41) is 11.9. The average molecular weight is 365 g/mol. The minimum absolute atomic E-state index is 0.0492. The highest BCUT2D eigenvalue weighted by Crippen LogP contribution is 2.19. The zero-order chi connectivity index (χ0) is 19.0. The minimum Gasteiger partial charge on any atom is -0.395 e. The number of aliphatic hydroxyl groups is 1. The maximum Gasteiger partial charge on any atom is 0.332 e. The summed E-state index contributed by atoms with van der Waals surface area (Å²) in [5.74, 6) is -1.28.